The van der Waals surface area contributed by atoms with E-state index in [2.05, 4.69) is 15.6 Å². The molecule has 26 heavy (non-hydrogen) atoms. The first-order valence-corrected chi connectivity index (χ1v) is 7.90. The van der Waals surface area contributed by atoms with Gasteiger partial charge >= 0.3 is 5.97 Å². The van der Waals surface area contributed by atoms with E-state index >= 15 is 0 Å². The molecule has 0 radical (unpaired) electrons. The summed E-state index contributed by atoms with van der Waals surface area (Å²) in [4.78, 5) is 38.8. The van der Waals surface area contributed by atoms with Crippen molar-refractivity contribution in [2.24, 2.45) is 16.5 Å². The first-order valence-electron chi connectivity index (χ1n) is 7.90. The van der Waals surface area contributed by atoms with Crippen LogP contribution in [0.4, 0.5) is 0 Å². The van der Waals surface area contributed by atoms with Gasteiger partial charge < -0.3 is 31.6 Å². The van der Waals surface area contributed by atoms with E-state index in [1.807, 2.05) is 0 Å². The third-order valence-corrected chi connectivity index (χ3v) is 3.25. The lowest BCUT2D eigenvalue weighted by atomic mass is 10.1. The van der Waals surface area contributed by atoms with Crippen molar-refractivity contribution >= 4 is 29.8 Å². The highest BCUT2D eigenvalue weighted by molar-refractivity contribution is 5.95. The van der Waals surface area contributed by atoms with Crippen molar-refractivity contribution in [1.82, 2.24) is 10.6 Å². The highest BCUT2D eigenvalue weighted by Crippen LogP contribution is 2.02. The Kier molecular flexibility index (Phi) is 8.41. The van der Waals surface area contributed by atoms with Crippen molar-refractivity contribution < 1.29 is 23.9 Å². The van der Waals surface area contributed by atoms with Gasteiger partial charge in [0.15, 0.2) is 5.96 Å². The number of nitrogens with one attached hydrogen (secondary N) is 2. The zero-order valence-electron chi connectivity index (χ0n) is 14.3. The normalized spacial score (nSPS) is 13.0. The van der Waals surface area contributed by atoms with Gasteiger partial charge in [-0.15, -0.1) is 0 Å². The Labute approximate surface area is 150 Å². The number of hydrogen-bond donors (Lipinski definition) is 5. The molecule has 0 aliphatic carbocycles. The van der Waals surface area contributed by atoms with Gasteiger partial charge in [-0.1, -0.05) is 0 Å². The molecule has 2 atom stereocenters. The maximum Gasteiger partial charge on any atom is 0.326 e. The average molecular weight is 365 g/mol. The van der Waals surface area contributed by atoms with Crippen LogP contribution in [0.2, 0.25) is 0 Å². The van der Waals surface area contributed by atoms with Gasteiger partial charge in [-0.2, -0.15) is 0 Å². The summed E-state index contributed by atoms with van der Waals surface area (Å²) in [5.74, 6) is -1.90. The smallest absolute Gasteiger partial charge is 0.326 e. The maximum absolute atomic E-state index is 12.1. The maximum atomic E-state index is 12.1. The SMILES string of the molecule is CC(NC(=O)C=Cc1ccco1)C(=O)NC(CCCN=C(N)N)C(=O)O. The Balaban J connectivity index is 2.47. The fraction of sp³-hybridized carbons (Fsp3) is 0.375. The van der Waals surface area contributed by atoms with E-state index in [-0.39, 0.29) is 18.9 Å². The monoisotopic (exact) mass is 365 g/mol. The van der Waals surface area contributed by atoms with Crippen LogP contribution in [0.25, 0.3) is 6.08 Å². The number of nitrogens with two attached hydrogens (primary N) is 2. The van der Waals surface area contributed by atoms with Gasteiger partial charge in [0, 0.05) is 12.6 Å². The van der Waals surface area contributed by atoms with E-state index < -0.39 is 29.9 Å². The van der Waals surface area contributed by atoms with Crippen LogP contribution in [0.5, 0.6) is 0 Å². The van der Waals surface area contributed by atoms with Gasteiger partial charge in [0.25, 0.3) is 0 Å². The van der Waals surface area contributed by atoms with Crippen LogP contribution in [-0.2, 0) is 14.4 Å². The minimum atomic E-state index is -1.18. The number of carboxylic acid groups (broad SMARTS) is 1. The number of hydrogen-bond acceptors (Lipinski definition) is 5. The van der Waals surface area contributed by atoms with Gasteiger partial charge in [0.05, 0.1) is 6.26 Å². The molecule has 7 N–H and O–H groups in total. The van der Waals surface area contributed by atoms with Crippen molar-refractivity contribution in [3.63, 3.8) is 0 Å². The first-order chi connectivity index (χ1) is 12.3. The second-order valence-electron chi connectivity index (χ2n) is 5.43. The summed E-state index contributed by atoms with van der Waals surface area (Å²) in [6, 6.07) is 1.32. The predicted octanol–water partition coefficient (Wildman–Crippen LogP) is -0.579. The summed E-state index contributed by atoms with van der Waals surface area (Å²) in [5.41, 5.74) is 10.4. The largest absolute Gasteiger partial charge is 0.480 e. The van der Waals surface area contributed by atoms with Gasteiger partial charge in [-0.25, -0.2) is 4.79 Å². The van der Waals surface area contributed by atoms with Crippen LogP contribution in [0.3, 0.4) is 0 Å². The Morgan fingerprint density at radius 3 is 2.65 bits per heavy atom. The molecule has 1 heterocycles. The summed E-state index contributed by atoms with van der Waals surface area (Å²) in [7, 11) is 0. The van der Waals surface area contributed by atoms with Crippen molar-refractivity contribution in [2.45, 2.75) is 31.8 Å². The predicted molar refractivity (Wildman–Crippen MR) is 94.8 cm³/mol. The number of carbonyl (C=O) groups excluding carboxylic acids is 2. The molecular formula is C16H23N5O5. The molecule has 142 valence electrons. The van der Waals surface area contributed by atoms with E-state index in [4.69, 9.17) is 15.9 Å². The van der Waals surface area contributed by atoms with Crippen LogP contribution in [0, 0.1) is 0 Å². The average Bonchev–Trinajstić information content (AvgIpc) is 3.08. The van der Waals surface area contributed by atoms with Crippen molar-refractivity contribution in [2.75, 3.05) is 6.54 Å². The minimum absolute atomic E-state index is 0.0835. The van der Waals surface area contributed by atoms with Gasteiger partial charge in [0.2, 0.25) is 11.8 Å². The number of nitrogens with zero attached hydrogens (tertiary/aromatic N) is 1. The Bertz CT molecular complexity index is 665. The van der Waals surface area contributed by atoms with Crippen LogP contribution < -0.4 is 22.1 Å². The number of guanidine groups is 1. The number of rotatable bonds is 10. The lowest BCUT2D eigenvalue weighted by molar-refractivity contribution is -0.142. The summed E-state index contributed by atoms with van der Waals surface area (Å²) in [6.07, 6.45) is 4.65. The molecule has 0 fully saturated rings. The summed E-state index contributed by atoms with van der Waals surface area (Å²) in [6.45, 7) is 1.71. The van der Waals surface area contributed by atoms with Gasteiger partial charge in [-0.05, 0) is 38.0 Å². The highest BCUT2D eigenvalue weighted by Gasteiger charge is 2.23. The fourth-order valence-corrected chi connectivity index (χ4v) is 1.93. The molecule has 0 aromatic carbocycles. The van der Waals surface area contributed by atoms with E-state index in [1.165, 1.54) is 25.3 Å². The molecule has 10 heteroatoms. The quantitative estimate of drug-likeness (QED) is 0.160. The number of amides is 2. The molecule has 1 rings (SSSR count). The molecule has 0 bridgehead atoms. The fourth-order valence-electron chi connectivity index (χ4n) is 1.93. The molecular weight excluding hydrogens is 342 g/mol. The standard InChI is InChI=1S/C16H23N5O5/c1-10(20-13(22)7-6-11-4-3-9-26-11)14(23)21-12(15(24)25)5-2-8-19-16(17)18/h3-4,6-7,9-10,12H,2,5,8H2,1H3,(H,20,22)(H,21,23)(H,24,25)(H4,17,18,19). The molecule has 2 amide bonds. The zero-order chi connectivity index (χ0) is 19.5. The van der Waals surface area contributed by atoms with Crippen LogP contribution >= 0.6 is 0 Å². The number of aliphatic imine (C=N–C) groups is 1. The number of carbonyl (C=O) groups is 3. The zero-order valence-corrected chi connectivity index (χ0v) is 14.3. The lowest BCUT2D eigenvalue weighted by Crippen LogP contribution is -2.50. The van der Waals surface area contributed by atoms with Gasteiger partial charge in [-0.3, -0.25) is 14.6 Å². The molecule has 10 nitrogen and oxygen atoms in total. The number of furan rings is 1. The van der Waals surface area contributed by atoms with Crippen molar-refractivity contribution in [3.05, 3.63) is 30.2 Å². The molecule has 2 unspecified atom stereocenters. The second-order valence-corrected chi connectivity index (χ2v) is 5.43. The number of carboxylic acids is 1. The molecule has 1 aromatic rings. The third kappa shape index (κ3) is 7.99. The summed E-state index contributed by atoms with van der Waals surface area (Å²) in [5, 5.41) is 14.0. The lowest BCUT2D eigenvalue weighted by Gasteiger charge is -2.18. The van der Waals surface area contributed by atoms with Crippen molar-refractivity contribution in [1.29, 1.82) is 0 Å². The molecule has 0 aliphatic rings. The molecule has 0 saturated heterocycles. The van der Waals surface area contributed by atoms with E-state index in [0.717, 1.165) is 0 Å². The topological polar surface area (TPSA) is 173 Å². The molecule has 0 saturated carbocycles. The van der Waals surface area contributed by atoms with Crippen LogP contribution in [0.1, 0.15) is 25.5 Å². The second kappa shape index (κ2) is 10.5. The Morgan fingerprint density at radius 2 is 2.08 bits per heavy atom. The van der Waals surface area contributed by atoms with E-state index in [9.17, 15) is 19.5 Å². The minimum Gasteiger partial charge on any atom is -0.480 e. The molecule has 0 spiro atoms. The van der Waals surface area contributed by atoms with Crippen molar-refractivity contribution in [3.8, 4) is 0 Å². The Hall–Kier alpha value is -3.30. The van der Waals surface area contributed by atoms with Crippen LogP contribution in [-0.4, -0.2) is 47.5 Å². The molecule has 1 aromatic heterocycles. The number of aliphatic carboxylic acids is 1. The molecule has 0 aliphatic heterocycles. The van der Waals surface area contributed by atoms with E-state index in [1.54, 1.807) is 12.1 Å². The van der Waals surface area contributed by atoms with E-state index in [0.29, 0.717) is 12.2 Å². The van der Waals surface area contributed by atoms with Crippen LogP contribution in [0.15, 0.2) is 33.9 Å². The van der Waals surface area contributed by atoms with Gasteiger partial charge in [0.1, 0.15) is 17.8 Å². The third-order valence-electron chi connectivity index (χ3n) is 3.25. The Morgan fingerprint density at radius 1 is 1.35 bits per heavy atom. The first kappa shape index (κ1) is 20.7. The summed E-state index contributed by atoms with van der Waals surface area (Å²) < 4.78 is 5.04. The highest BCUT2D eigenvalue weighted by atomic mass is 16.4. The summed E-state index contributed by atoms with van der Waals surface area (Å²) >= 11 is 0.